The highest BCUT2D eigenvalue weighted by atomic mass is 16.5. The van der Waals surface area contributed by atoms with Gasteiger partial charge in [0.05, 0.1) is 17.0 Å². The molecule has 4 rings (SSSR count). The van der Waals surface area contributed by atoms with Crippen LogP contribution in [-0.4, -0.2) is 14.3 Å². The predicted molar refractivity (Wildman–Crippen MR) is 107 cm³/mol. The zero-order valence-electron chi connectivity index (χ0n) is 15.4. The van der Waals surface area contributed by atoms with E-state index < -0.39 is 0 Å². The summed E-state index contributed by atoms with van der Waals surface area (Å²) in [6.07, 6.45) is 3.44. The lowest BCUT2D eigenvalue weighted by atomic mass is 10.0. The van der Waals surface area contributed by atoms with Gasteiger partial charge in [0.25, 0.3) is 5.56 Å². The SMILES string of the molecule is Cn1cc2c(=O)n(C)cc(-c3cc(N)ccc3Oc3ccc(C#N)cc3)c2n1. The Morgan fingerprint density at radius 1 is 1.07 bits per heavy atom. The number of hydrogen-bond acceptors (Lipinski definition) is 5. The fourth-order valence-electron chi connectivity index (χ4n) is 3.12. The summed E-state index contributed by atoms with van der Waals surface area (Å²) in [5, 5.41) is 13.9. The third kappa shape index (κ3) is 2.97. The number of pyridine rings is 1. The number of rotatable bonds is 3. The average molecular weight is 371 g/mol. The van der Waals surface area contributed by atoms with E-state index in [1.165, 1.54) is 4.57 Å². The molecule has 0 aliphatic carbocycles. The van der Waals surface area contributed by atoms with Crippen molar-refractivity contribution in [2.45, 2.75) is 0 Å². The molecule has 0 unspecified atom stereocenters. The molecule has 2 aromatic carbocycles. The average Bonchev–Trinajstić information content (AvgIpc) is 3.08. The summed E-state index contributed by atoms with van der Waals surface area (Å²) < 4.78 is 9.19. The highest BCUT2D eigenvalue weighted by molar-refractivity contribution is 5.94. The largest absolute Gasteiger partial charge is 0.457 e. The van der Waals surface area contributed by atoms with Gasteiger partial charge in [-0.15, -0.1) is 0 Å². The van der Waals surface area contributed by atoms with E-state index in [1.807, 2.05) is 0 Å². The molecule has 0 saturated carbocycles. The van der Waals surface area contributed by atoms with Crippen molar-refractivity contribution < 1.29 is 4.74 Å². The van der Waals surface area contributed by atoms with Crippen LogP contribution in [0, 0.1) is 11.3 Å². The molecule has 0 spiro atoms. The van der Waals surface area contributed by atoms with E-state index in [-0.39, 0.29) is 5.56 Å². The van der Waals surface area contributed by atoms with Crippen LogP contribution in [0.1, 0.15) is 5.56 Å². The van der Waals surface area contributed by atoms with Crippen molar-refractivity contribution in [2.24, 2.45) is 14.1 Å². The second kappa shape index (κ2) is 6.59. The van der Waals surface area contributed by atoms with Crippen molar-refractivity contribution in [3.63, 3.8) is 0 Å². The minimum absolute atomic E-state index is 0.120. The molecular weight excluding hydrogens is 354 g/mol. The highest BCUT2D eigenvalue weighted by Gasteiger charge is 2.17. The second-order valence-corrected chi connectivity index (χ2v) is 6.52. The Kier molecular flexibility index (Phi) is 4.09. The summed E-state index contributed by atoms with van der Waals surface area (Å²) >= 11 is 0. The lowest BCUT2D eigenvalue weighted by molar-refractivity contribution is 0.484. The normalized spacial score (nSPS) is 10.8. The maximum absolute atomic E-state index is 12.5. The molecule has 2 N–H and O–H groups in total. The minimum Gasteiger partial charge on any atom is -0.457 e. The van der Waals surface area contributed by atoms with Gasteiger partial charge in [0.2, 0.25) is 0 Å². The molecular formula is C21H17N5O2. The number of anilines is 1. The summed E-state index contributed by atoms with van der Waals surface area (Å²) in [6, 6.07) is 14.3. The third-order valence-corrected chi connectivity index (χ3v) is 4.46. The molecule has 0 fully saturated rings. The number of aromatic nitrogens is 3. The van der Waals surface area contributed by atoms with Crippen LogP contribution in [-0.2, 0) is 14.1 Å². The topological polar surface area (TPSA) is 98.9 Å². The van der Waals surface area contributed by atoms with Crippen molar-refractivity contribution in [3.05, 3.63) is 70.8 Å². The number of nitrogens with two attached hydrogens (primary N) is 1. The van der Waals surface area contributed by atoms with Crippen LogP contribution >= 0.6 is 0 Å². The molecule has 28 heavy (non-hydrogen) atoms. The van der Waals surface area contributed by atoms with E-state index in [4.69, 9.17) is 15.7 Å². The highest BCUT2D eigenvalue weighted by Crippen LogP contribution is 2.37. The molecule has 7 nitrogen and oxygen atoms in total. The van der Waals surface area contributed by atoms with Crippen molar-refractivity contribution >= 4 is 16.6 Å². The first-order valence-corrected chi connectivity index (χ1v) is 8.57. The van der Waals surface area contributed by atoms with Crippen LogP contribution in [0.5, 0.6) is 11.5 Å². The van der Waals surface area contributed by atoms with Gasteiger partial charge in [-0.05, 0) is 42.5 Å². The monoisotopic (exact) mass is 371 g/mol. The molecule has 0 radical (unpaired) electrons. The molecule has 0 bridgehead atoms. The van der Waals surface area contributed by atoms with E-state index in [0.717, 1.165) is 11.1 Å². The Bertz CT molecular complexity index is 1290. The summed E-state index contributed by atoms with van der Waals surface area (Å²) in [4.78, 5) is 12.5. The van der Waals surface area contributed by atoms with Crippen LogP contribution in [0.2, 0.25) is 0 Å². The predicted octanol–water partition coefficient (Wildman–Crippen LogP) is 3.19. The fourth-order valence-corrected chi connectivity index (χ4v) is 3.12. The van der Waals surface area contributed by atoms with Gasteiger partial charge in [-0.1, -0.05) is 0 Å². The molecule has 0 saturated heterocycles. The number of benzene rings is 2. The van der Waals surface area contributed by atoms with E-state index in [1.54, 1.807) is 73.6 Å². The number of ether oxygens (including phenoxy) is 1. The lowest BCUT2D eigenvalue weighted by Gasteiger charge is -2.13. The Balaban J connectivity index is 1.90. The first-order valence-electron chi connectivity index (χ1n) is 8.57. The molecule has 0 atom stereocenters. The summed E-state index contributed by atoms with van der Waals surface area (Å²) in [6.45, 7) is 0. The van der Waals surface area contributed by atoms with E-state index >= 15 is 0 Å². The van der Waals surface area contributed by atoms with Gasteiger partial charge in [-0.2, -0.15) is 10.4 Å². The van der Waals surface area contributed by atoms with Crippen molar-refractivity contribution in [3.8, 4) is 28.7 Å². The maximum atomic E-state index is 12.5. The lowest BCUT2D eigenvalue weighted by Crippen LogP contribution is -2.16. The molecule has 0 amide bonds. The Labute approximate surface area is 160 Å². The second-order valence-electron chi connectivity index (χ2n) is 6.52. The number of nitrogen functional groups attached to an aromatic ring is 1. The van der Waals surface area contributed by atoms with E-state index in [9.17, 15) is 4.79 Å². The van der Waals surface area contributed by atoms with Gasteiger partial charge in [-0.3, -0.25) is 9.48 Å². The van der Waals surface area contributed by atoms with E-state index in [2.05, 4.69) is 11.2 Å². The molecule has 2 aromatic heterocycles. The quantitative estimate of drug-likeness (QED) is 0.558. The molecule has 138 valence electrons. The zero-order chi connectivity index (χ0) is 19.8. The van der Waals surface area contributed by atoms with Crippen molar-refractivity contribution in [1.82, 2.24) is 14.3 Å². The number of nitrogens with zero attached hydrogens (tertiary/aromatic N) is 4. The van der Waals surface area contributed by atoms with Crippen molar-refractivity contribution in [2.75, 3.05) is 5.73 Å². The number of nitriles is 1. The molecule has 0 aliphatic heterocycles. The fraction of sp³-hybridized carbons (Fsp3) is 0.0952. The Morgan fingerprint density at radius 3 is 2.54 bits per heavy atom. The molecule has 0 aliphatic rings. The van der Waals surface area contributed by atoms with Gasteiger partial charge in [0, 0.05) is 43.3 Å². The number of hydrogen-bond donors (Lipinski definition) is 1. The molecule has 2 heterocycles. The van der Waals surface area contributed by atoms with E-state index in [0.29, 0.717) is 33.7 Å². The van der Waals surface area contributed by atoms with Gasteiger partial charge in [0.1, 0.15) is 17.0 Å². The standard InChI is InChI=1S/C21H17N5O2/c1-25-11-17(20-18(21(25)27)12-26(2)24-20)16-9-14(23)5-8-19(16)28-15-6-3-13(10-22)4-7-15/h3-9,11-12H,23H2,1-2H3. The van der Waals surface area contributed by atoms with Crippen LogP contribution in [0.3, 0.4) is 0 Å². The summed E-state index contributed by atoms with van der Waals surface area (Å²) in [7, 11) is 3.47. The van der Waals surface area contributed by atoms with Gasteiger partial charge in [0.15, 0.2) is 0 Å². The van der Waals surface area contributed by atoms with Crippen LogP contribution in [0.4, 0.5) is 5.69 Å². The Hall–Kier alpha value is -4.05. The summed E-state index contributed by atoms with van der Waals surface area (Å²) in [5.74, 6) is 1.16. The number of aryl methyl sites for hydroxylation is 2. The first-order chi connectivity index (χ1) is 13.5. The van der Waals surface area contributed by atoms with Gasteiger partial charge in [-0.25, -0.2) is 0 Å². The Morgan fingerprint density at radius 2 is 1.82 bits per heavy atom. The maximum Gasteiger partial charge on any atom is 0.261 e. The van der Waals surface area contributed by atoms with Gasteiger partial charge >= 0.3 is 0 Å². The third-order valence-electron chi connectivity index (χ3n) is 4.46. The first kappa shape index (κ1) is 17.4. The van der Waals surface area contributed by atoms with Crippen LogP contribution in [0.15, 0.2) is 59.7 Å². The number of fused-ring (bicyclic) bond motifs is 1. The summed E-state index contributed by atoms with van der Waals surface area (Å²) in [5.41, 5.74) is 9.08. The van der Waals surface area contributed by atoms with Crippen LogP contribution < -0.4 is 16.0 Å². The molecule has 7 heteroatoms. The van der Waals surface area contributed by atoms with Crippen molar-refractivity contribution in [1.29, 1.82) is 5.26 Å². The van der Waals surface area contributed by atoms with Gasteiger partial charge < -0.3 is 15.0 Å². The van der Waals surface area contributed by atoms with Crippen LogP contribution in [0.25, 0.3) is 22.0 Å². The molecule has 4 aromatic rings. The minimum atomic E-state index is -0.120. The smallest absolute Gasteiger partial charge is 0.261 e. The zero-order valence-corrected chi connectivity index (χ0v) is 15.4.